The summed E-state index contributed by atoms with van der Waals surface area (Å²) in [4.78, 5) is 0. The van der Waals surface area contributed by atoms with E-state index in [4.69, 9.17) is 0 Å². The second-order valence-corrected chi connectivity index (χ2v) is 5.63. The average molecular weight is 291 g/mol. The minimum Gasteiger partial charge on any atom is -0.378 e. The van der Waals surface area contributed by atoms with Crippen molar-refractivity contribution in [1.82, 2.24) is 0 Å². The molecule has 1 aliphatic rings. The first-order valence-electron chi connectivity index (χ1n) is 6.88. The number of halogens is 3. The maximum Gasteiger partial charge on any atom is 0.416 e. The standard InChI is InChI=1S/C17H16F3N/c1-10-7-11(2)14-9-15(21-16(14)8-10)12-3-5-13(6-4-12)17(18,19)20/h3-8,15,21H,9H2,1-2H3. The van der Waals surface area contributed by atoms with E-state index < -0.39 is 11.7 Å². The Bertz CT molecular complexity index is 672. The summed E-state index contributed by atoms with van der Waals surface area (Å²) >= 11 is 0. The fourth-order valence-electron chi connectivity index (χ4n) is 2.95. The van der Waals surface area contributed by atoms with Gasteiger partial charge >= 0.3 is 6.18 Å². The van der Waals surface area contributed by atoms with Crippen LogP contribution in [0, 0.1) is 13.8 Å². The van der Waals surface area contributed by atoms with E-state index >= 15 is 0 Å². The van der Waals surface area contributed by atoms with Gasteiger partial charge in [0.15, 0.2) is 0 Å². The van der Waals surface area contributed by atoms with E-state index in [1.165, 1.54) is 16.7 Å². The Labute approximate surface area is 121 Å². The van der Waals surface area contributed by atoms with E-state index in [2.05, 4.69) is 24.4 Å². The minimum absolute atomic E-state index is 0.0442. The molecule has 2 aromatic rings. The van der Waals surface area contributed by atoms with E-state index in [1.54, 1.807) is 12.1 Å². The van der Waals surface area contributed by atoms with Crippen molar-refractivity contribution in [3.63, 3.8) is 0 Å². The summed E-state index contributed by atoms with van der Waals surface area (Å²) in [5, 5.41) is 3.41. The van der Waals surface area contributed by atoms with Crippen molar-refractivity contribution in [3.05, 3.63) is 64.2 Å². The molecule has 2 aromatic carbocycles. The Hall–Kier alpha value is -1.97. The van der Waals surface area contributed by atoms with Gasteiger partial charge < -0.3 is 5.32 Å². The molecule has 1 N–H and O–H groups in total. The highest BCUT2D eigenvalue weighted by molar-refractivity contribution is 5.62. The van der Waals surface area contributed by atoms with Crippen molar-refractivity contribution in [2.75, 3.05) is 5.32 Å². The van der Waals surface area contributed by atoms with Crippen molar-refractivity contribution < 1.29 is 13.2 Å². The van der Waals surface area contributed by atoms with E-state index in [0.717, 1.165) is 29.8 Å². The first-order chi connectivity index (χ1) is 9.84. The van der Waals surface area contributed by atoms with E-state index in [9.17, 15) is 13.2 Å². The molecule has 1 aliphatic heterocycles. The van der Waals surface area contributed by atoms with Gasteiger partial charge in [-0.25, -0.2) is 0 Å². The SMILES string of the molecule is Cc1cc(C)c2c(c1)NC(c1ccc(C(F)(F)F)cc1)C2. The number of anilines is 1. The van der Waals surface area contributed by atoms with E-state index in [-0.39, 0.29) is 6.04 Å². The summed E-state index contributed by atoms with van der Waals surface area (Å²) < 4.78 is 37.8. The molecule has 0 spiro atoms. The van der Waals surface area contributed by atoms with Gasteiger partial charge in [0.25, 0.3) is 0 Å². The lowest BCUT2D eigenvalue weighted by Gasteiger charge is -2.13. The molecule has 0 saturated heterocycles. The largest absolute Gasteiger partial charge is 0.416 e. The molecule has 4 heteroatoms. The van der Waals surface area contributed by atoms with Crippen LogP contribution in [-0.2, 0) is 12.6 Å². The van der Waals surface area contributed by atoms with Crippen molar-refractivity contribution in [2.24, 2.45) is 0 Å². The molecule has 0 amide bonds. The first-order valence-corrected chi connectivity index (χ1v) is 6.88. The van der Waals surface area contributed by atoms with Crippen LogP contribution in [0.15, 0.2) is 36.4 Å². The number of alkyl halides is 3. The Kier molecular flexibility index (Phi) is 3.19. The number of aryl methyl sites for hydroxylation is 2. The molecular formula is C17H16F3N. The third kappa shape index (κ3) is 2.62. The van der Waals surface area contributed by atoms with Crippen molar-refractivity contribution >= 4 is 5.69 Å². The number of benzene rings is 2. The number of hydrogen-bond acceptors (Lipinski definition) is 1. The number of rotatable bonds is 1. The van der Waals surface area contributed by atoms with Gasteiger partial charge in [0.2, 0.25) is 0 Å². The lowest BCUT2D eigenvalue weighted by Crippen LogP contribution is -2.08. The van der Waals surface area contributed by atoms with Gasteiger partial charge in [-0.05, 0) is 60.7 Å². The van der Waals surface area contributed by atoms with Gasteiger partial charge in [0, 0.05) is 5.69 Å². The zero-order valence-electron chi connectivity index (χ0n) is 11.9. The molecule has 1 atom stereocenters. The predicted molar refractivity (Wildman–Crippen MR) is 77.4 cm³/mol. The summed E-state index contributed by atoms with van der Waals surface area (Å²) in [6.45, 7) is 4.11. The normalized spacial score (nSPS) is 17.5. The molecular weight excluding hydrogens is 275 g/mol. The second-order valence-electron chi connectivity index (χ2n) is 5.63. The topological polar surface area (TPSA) is 12.0 Å². The van der Waals surface area contributed by atoms with Crippen LogP contribution in [0.3, 0.4) is 0 Å². The summed E-state index contributed by atoms with van der Waals surface area (Å²) in [6, 6.07) is 9.70. The first kappa shape index (κ1) is 14.0. The average Bonchev–Trinajstić information content (AvgIpc) is 2.82. The maximum absolute atomic E-state index is 12.6. The third-order valence-electron chi connectivity index (χ3n) is 4.00. The number of fused-ring (bicyclic) bond motifs is 1. The van der Waals surface area contributed by atoms with Gasteiger partial charge in [0.1, 0.15) is 0 Å². The van der Waals surface area contributed by atoms with Crippen LogP contribution in [0.1, 0.15) is 33.9 Å². The molecule has 0 fully saturated rings. The molecule has 0 radical (unpaired) electrons. The lowest BCUT2D eigenvalue weighted by molar-refractivity contribution is -0.137. The predicted octanol–water partition coefficient (Wildman–Crippen LogP) is 5.03. The fourth-order valence-corrected chi connectivity index (χ4v) is 2.95. The van der Waals surface area contributed by atoms with Gasteiger partial charge in [0.05, 0.1) is 11.6 Å². The Morgan fingerprint density at radius 3 is 2.33 bits per heavy atom. The van der Waals surface area contributed by atoms with Crippen LogP contribution >= 0.6 is 0 Å². The molecule has 1 unspecified atom stereocenters. The van der Waals surface area contributed by atoms with Crippen molar-refractivity contribution in [1.29, 1.82) is 0 Å². The quantitative estimate of drug-likeness (QED) is 0.777. The highest BCUT2D eigenvalue weighted by Gasteiger charge is 2.31. The molecule has 3 rings (SSSR count). The maximum atomic E-state index is 12.6. The Balaban J connectivity index is 1.86. The fraction of sp³-hybridized carbons (Fsp3) is 0.294. The van der Waals surface area contributed by atoms with E-state index in [0.29, 0.717) is 0 Å². The number of hydrogen-bond donors (Lipinski definition) is 1. The second kappa shape index (κ2) is 4.79. The van der Waals surface area contributed by atoms with Crippen LogP contribution in [0.25, 0.3) is 0 Å². The van der Waals surface area contributed by atoms with Crippen LogP contribution in [0.4, 0.5) is 18.9 Å². The molecule has 0 saturated carbocycles. The van der Waals surface area contributed by atoms with Gasteiger partial charge in [-0.1, -0.05) is 18.2 Å². The number of nitrogens with one attached hydrogen (secondary N) is 1. The summed E-state index contributed by atoms with van der Waals surface area (Å²) in [6.07, 6.45) is -3.47. The van der Waals surface area contributed by atoms with Crippen LogP contribution < -0.4 is 5.32 Å². The summed E-state index contributed by atoms with van der Waals surface area (Å²) in [5.41, 5.74) is 5.05. The molecule has 21 heavy (non-hydrogen) atoms. The van der Waals surface area contributed by atoms with Crippen LogP contribution in [-0.4, -0.2) is 0 Å². The smallest absolute Gasteiger partial charge is 0.378 e. The van der Waals surface area contributed by atoms with Gasteiger partial charge in [-0.2, -0.15) is 13.2 Å². The Morgan fingerprint density at radius 2 is 1.71 bits per heavy atom. The van der Waals surface area contributed by atoms with Crippen LogP contribution in [0.5, 0.6) is 0 Å². The van der Waals surface area contributed by atoms with Crippen molar-refractivity contribution in [2.45, 2.75) is 32.5 Å². The van der Waals surface area contributed by atoms with Crippen molar-refractivity contribution in [3.8, 4) is 0 Å². The highest BCUT2D eigenvalue weighted by Crippen LogP contribution is 2.37. The monoisotopic (exact) mass is 291 g/mol. The van der Waals surface area contributed by atoms with E-state index in [1.807, 2.05) is 6.92 Å². The highest BCUT2D eigenvalue weighted by atomic mass is 19.4. The molecule has 0 bridgehead atoms. The summed E-state index contributed by atoms with van der Waals surface area (Å²) in [5.74, 6) is 0. The van der Waals surface area contributed by atoms with Gasteiger partial charge in [-0.3, -0.25) is 0 Å². The molecule has 0 aromatic heterocycles. The lowest BCUT2D eigenvalue weighted by atomic mass is 9.98. The zero-order valence-corrected chi connectivity index (χ0v) is 11.9. The van der Waals surface area contributed by atoms with Crippen LogP contribution in [0.2, 0.25) is 0 Å². The molecule has 1 heterocycles. The Morgan fingerprint density at radius 1 is 1.05 bits per heavy atom. The molecule has 0 aliphatic carbocycles. The summed E-state index contributed by atoms with van der Waals surface area (Å²) in [7, 11) is 0. The van der Waals surface area contributed by atoms with Gasteiger partial charge in [-0.15, -0.1) is 0 Å². The molecule has 110 valence electrons. The third-order valence-corrected chi connectivity index (χ3v) is 4.00. The minimum atomic E-state index is -4.28. The zero-order chi connectivity index (χ0) is 15.2. The molecule has 1 nitrogen and oxygen atoms in total.